The number of nitrogens with zero attached hydrogens (tertiary/aromatic N) is 3. The summed E-state index contributed by atoms with van der Waals surface area (Å²) in [4.78, 5) is 14.4. The van der Waals surface area contributed by atoms with Crippen molar-refractivity contribution in [2.75, 3.05) is 18.8 Å². The molecule has 1 aliphatic rings. The highest BCUT2D eigenvalue weighted by Gasteiger charge is 2.25. The predicted molar refractivity (Wildman–Crippen MR) is 120 cm³/mol. The maximum atomic E-state index is 12.5. The Morgan fingerprint density at radius 1 is 0.900 bits per heavy atom. The van der Waals surface area contributed by atoms with Crippen LogP contribution in [0.4, 0.5) is 0 Å². The van der Waals surface area contributed by atoms with Crippen molar-refractivity contribution in [2.45, 2.75) is 31.1 Å². The van der Waals surface area contributed by atoms with Crippen molar-refractivity contribution in [3.63, 3.8) is 0 Å². The fourth-order valence-corrected chi connectivity index (χ4v) is 4.34. The first-order valence-electron chi connectivity index (χ1n) is 10.1. The molecule has 0 aliphatic carbocycles. The van der Waals surface area contributed by atoms with Crippen molar-refractivity contribution >= 4 is 17.7 Å². The van der Waals surface area contributed by atoms with E-state index in [1.54, 1.807) is 0 Å². The fraction of sp³-hybridized carbons (Fsp3) is 0.292. The van der Waals surface area contributed by atoms with Gasteiger partial charge in [-0.25, -0.2) is 0 Å². The second kappa shape index (κ2) is 9.41. The van der Waals surface area contributed by atoms with Gasteiger partial charge in [0.25, 0.3) is 0 Å². The molecule has 0 spiro atoms. The summed E-state index contributed by atoms with van der Waals surface area (Å²) in [5.74, 6) is 0.476. The average molecular weight is 420 g/mol. The number of thioether (sulfide) groups is 1. The Balaban J connectivity index is 1.35. The Morgan fingerprint density at radius 3 is 2.17 bits per heavy atom. The van der Waals surface area contributed by atoms with E-state index < -0.39 is 0 Å². The summed E-state index contributed by atoms with van der Waals surface area (Å²) in [6, 6.07) is 22.5. The van der Waals surface area contributed by atoms with Crippen LogP contribution in [-0.2, 0) is 9.53 Å². The van der Waals surface area contributed by atoms with Crippen molar-refractivity contribution in [3.8, 4) is 22.4 Å². The van der Waals surface area contributed by atoms with E-state index in [-0.39, 0.29) is 18.1 Å². The van der Waals surface area contributed by atoms with Gasteiger partial charge in [-0.15, -0.1) is 10.2 Å². The highest BCUT2D eigenvalue weighted by molar-refractivity contribution is 7.99. The van der Waals surface area contributed by atoms with Crippen LogP contribution < -0.4 is 0 Å². The van der Waals surface area contributed by atoms with E-state index in [0.29, 0.717) is 18.8 Å². The summed E-state index contributed by atoms with van der Waals surface area (Å²) in [7, 11) is 0. The number of rotatable bonds is 5. The molecule has 0 saturated carbocycles. The monoisotopic (exact) mass is 419 g/mol. The quantitative estimate of drug-likeness (QED) is 0.569. The lowest BCUT2D eigenvalue weighted by Crippen LogP contribution is -2.48. The molecule has 0 bridgehead atoms. The van der Waals surface area contributed by atoms with E-state index in [9.17, 15) is 4.79 Å². The Kier molecular flexibility index (Phi) is 6.45. The van der Waals surface area contributed by atoms with Crippen LogP contribution in [0.5, 0.6) is 0 Å². The molecule has 6 heteroatoms. The number of hydrogen-bond acceptors (Lipinski definition) is 5. The minimum atomic E-state index is 0.0788. The van der Waals surface area contributed by atoms with Crippen LogP contribution in [-0.4, -0.2) is 52.1 Å². The van der Waals surface area contributed by atoms with E-state index in [1.807, 2.05) is 49.1 Å². The molecule has 1 saturated heterocycles. The zero-order valence-corrected chi connectivity index (χ0v) is 18.0. The molecule has 0 radical (unpaired) electrons. The van der Waals surface area contributed by atoms with Crippen LogP contribution in [0, 0.1) is 0 Å². The molecule has 5 nitrogen and oxygen atoms in total. The third-order valence-electron chi connectivity index (χ3n) is 5.04. The molecule has 1 aliphatic heterocycles. The van der Waals surface area contributed by atoms with Gasteiger partial charge in [0.05, 0.1) is 23.7 Å². The Morgan fingerprint density at radius 2 is 1.53 bits per heavy atom. The van der Waals surface area contributed by atoms with E-state index in [1.165, 1.54) is 22.9 Å². The van der Waals surface area contributed by atoms with Crippen LogP contribution in [0.1, 0.15) is 13.8 Å². The maximum absolute atomic E-state index is 12.5. The van der Waals surface area contributed by atoms with Crippen molar-refractivity contribution in [1.82, 2.24) is 15.1 Å². The minimum Gasteiger partial charge on any atom is -0.372 e. The summed E-state index contributed by atoms with van der Waals surface area (Å²) in [6.07, 6.45) is 0.158. The topological polar surface area (TPSA) is 55.3 Å². The molecule has 2 aromatic carbocycles. The lowest BCUT2D eigenvalue weighted by Gasteiger charge is -2.35. The summed E-state index contributed by atoms with van der Waals surface area (Å²) in [6.45, 7) is 5.29. The second-order valence-corrected chi connectivity index (χ2v) is 8.54. The molecule has 4 rings (SSSR count). The molecule has 2 heterocycles. The predicted octanol–water partition coefficient (Wildman–Crippen LogP) is 4.54. The molecule has 3 aromatic rings. The summed E-state index contributed by atoms with van der Waals surface area (Å²) >= 11 is 1.42. The smallest absolute Gasteiger partial charge is 0.233 e. The van der Waals surface area contributed by atoms with Crippen molar-refractivity contribution in [3.05, 3.63) is 66.7 Å². The standard InChI is InChI=1S/C24H25N3O2S/c1-17-14-27(15-18(2)29-17)24(28)16-30-23-13-12-22(25-26-23)21-10-8-20(9-11-21)19-6-4-3-5-7-19/h3-13,17-18H,14-16H2,1-2H3. The highest BCUT2D eigenvalue weighted by Crippen LogP contribution is 2.24. The number of benzene rings is 2. The Labute approximate surface area is 181 Å². The molecule has 154 valence electrons. The van der Waals surface area contributed by atoms with Gasteiger partial charge in [-0.2, -0.15) is 0 Å². The fourth-order valence-electron chi connectivity index (χ4n) is 3.62. The first-order valence-corrected chi connectivity index (χ1v) is 11.1. The Bertz CT molecular complexity index is 968. The number of morpholine rings is 1. The SMILES string of the molecule is CC1CN(C(=O)CSc2ccc(-c3ccc(-c4ccccc4)cc3)nn2)CC(C)O1. The van der Waals surface area contributed by atoms with Gasteiger partial charge >= 0.3 is 0 Å². The van der Waals surface area contributed by atoms with E-state index >= 15 is 0 Å². The lowest BCUT2D eigenvalue weighted by atomic mass is 10.0. The van der Waals surface area contributed by atoms with Crippen LogP contribution in [0.25, 0.3) is 22.4 Å². The van der Waals surface area contributed by atoms with Gasteiger partial charge in [0.1, 0.15) is 5.03 Å². The van der Waals surface area contributed by atoms with E-state index in [0.717, 1.165) is 16.3 Å². The first kappa shape index (κ1) is 20.6. The van der Waals surface area contributed by atoms with Crippen LogP contribution in [0.15, 0.2) is 71.8 Å². The molecular weight excluding hydrogens is 394 g/mol. The van der Waals surface area contributed by atoms with Gasteiger partial charge in [-0.3, -0.25) is 4.79 Å². The average Bonchev–Trinajstić information content (AvgIpc) is 2.78. The summed E-state index contributed by atoms with van der Waals surface area (Å²) in [5.41, 5.74) is 4.20. The van der Waals surface area contributed by atoms with Crippen LogP contribution in [0.2, 0.25) is 0 Å². The van der Waals surface area contributed by atoms with Crippen molar-refractivity contribution in [2.24, 2.45) is 0 Å². The first-order chi connectivity index (χ1) is 14.6. The molecule has 2 unspecified atom stereocenters. The number of amides is 1. The Hall–Kier alpha value is -2.70. The number of carbonyl (C=O) groups excluding carboxylic acids is 1. The van der Waals surface area contributed by atoms with Crippen molar-refractivity contribution in [1.29, 1.82) is 0 Å². The van der Waals surface area contributed by atoms with Gasteiger partial charge in [-0.05, 0) is 37.1 Å². The third-order valence-corrected chi connectivity index (χ3v) is 5.95. The normalized spacial score (nSPS) is 18.9. The lowest BCUT2D eigenvalue weighted by molar-refractivity contribution is -0.140. The number of aromatic nitrogens is 2. The van der Waals surface area contributed by atoms with Gasteiger partial charge < -0.3 is 9.64 Å². The number of ether oxygens (including phenoxy) is 1. The summed E-state index contributed by atoms with van der Waals surface area (Å²) < 4.78 is 5.69. The number of hydrogen-bond donors (Lipinski definition) is 0. The molecule has 1 aromatic heterocycles. The van der Waals surface area contributed by atoms with Gasteiger partial charge in [0, 0.05) is 18.7 Å². The maximum Gasteiger partial charge on any atom is 0.233 e. The zero-order chi connectivity index (χ0) is 20.9. The highest BCUT2D eigenvalue weighted by atomic mass is 32.2. The van der Waals surface area contributed by atoms with Gasteiger partial charge in [0.2, 0.25) is 5.91 Å². The number of carbonyl (C=O) groups is 1. The third kappa shape index (κ3) is 5.07. The van der Waals surface area contributed by atoms with E-state index in [4.69, 9.17) is 4.74 Å². The summed E-state index contributed by atoms with van der Waals surface area (Å²) in [5, 5.41) is 9.40. The molecule has 1 fully saturated rings. The van der Waals surface area contributed by atoms with Gasteiger partial charge in [0.15, 0.2) is 0 Å². The van der Waals surface area contributed by atoms with Crippen LogP contribution in [0.3, 0.4) is 0 Å². The molecule has 30 heavy (non-hydrogen) atoms. The molecule has 0 N–H and O–H groups in total. The molecular formula is C24H25N3O2S. The molecule has 2 atom stereocenters. The van der Waals surface area contributed by atoms with E-state index in [2.05, 4.69) is 46.6 Å². The molecule has 1 amide bonds. The van der Waals surface area contributed by atoms with Crippen molar-refractivity contribution < 1.29 is 9.53 Å². The minimum absolute atomic E-state index is 0.0788. The largest absolute Gasteiger partial charge is 0.372 e. The zero-order valence-electron chi connectivity index (χ0n) is 17.2. The second-order valence-electron chi connectivity index (χ2n) is 7.54. The van der Waals surface area contributed by atoms with Gasteiger partial charge in [-0.1, -0.05) is 66.4 Å². The van der Waals surface area contributed by atoms with Crippen LogP contribution >= 0.6 is 11.8 Å².